The zero-order chi connectivity index (χ0) is 16.6. The van der Waals surface area contributed by atoms with Crippen LogP contribution >= 0.6 is 0 Å². The van der Waals surface area contributed by atoms with Crippen molar-refractivity contribution in [2.24, 2.45) is 5.41 Å². The molecule has 0 atom stereocenters. The van der Waals surface area contributed by atoms with Gasteiger partial charge in [0, 0.05) is 38.3 Å². The van der Waals surface area contributed by atoms with Crippen molar-refractivity contribution in [2.45, 2.75) is 32.1 Å². The van der Waals surface area contributed by atoms with Crippen LogP contribution in [0, 0.1) is 5.41 Å². The summed E-state index contributed by atoms with van der Waals surface area (Å²) in [6, 6.07) is 10.4. The van der Waals surface area contributed by atoms with E-state index in [4.69, 9.17) is 0 Å². The predicted molar refractivity (Wildman–Crippen MR) is 92.5 cm³/mol. The molecule has 0 unspecified atom stereocenters. The lowest BCUT2D eigenvalue weighted by molar-refractivity contribution is -0.143. The van der Waals surface area contributed by atoms with E-state index in [1.165, 1.54) is 10.6 Å². The van der Waals surface area contributed by atoms with Crippen molar-refractivity contribution >= 4 is 17.5 Å². The van der Waals surface area contributed by atoms with E-state index in [0.717, 1.165) is 51.9 Å². The summed E-state index contributed by atoms with van der Waals surface area (Å²) in [4.78, 5) is 31.3. The Bertz CT molecular complexity index is 617. The maximum atomic E-state index is 12.8. The van der Waals surface area contributed by atoms with Crippen LogP contribution in [0.25, 0.3) is 0 Å². The minimum Gasteiger partial charge on any atom is -0.369 e. The second kappa shape index (κ2) is 6.20. The van der Waals surface area contributed by atoms with Gasteiger partial charge in [-0.15, -0.1) is 0 Å². The number of nitrogens with zero attached hydrogens (tertiary/aromatic N) is 3. The van der Waals surface area contributed by atoms with Crippen molar-refractivity contribution in [1.82, 2.24) is 9.80 Å². The van der Waals surface area contributed by atoms with Crippen LogP contribution in [0.15, 0.2) is 30.3 Å². The molecule has 1 spiro atoms. The lowest BCUT2D eigenvalue weighted by Crippen LogP contribution is -2.51. The monoisotopic (exact) mass is 327 g/mol. The number of para-hydroxylation sites is 1. The Morgan fingerprint density at radius 3 is 2.25 bits per heavy atom. The number of imide groups is 1. The van der Waals surface area contributed by atoms with E-state index in [1.54, 1.807) is 0 Å². The molecular formula is C19H25N3O2. The summed E-state index contributed by atoms with van der Waals surface area (Å²) >= 11 is 0. The molecule has 2 amide bonds. The summed E-state index contributed by atoms with van der Waals surface area (Å²) in [6.45, 7) is 4.12. The molecule has 3 aliphatic rings. The normalized spacial score (nSPS) is 24.3. The fourth-order valence-electron chi connectivity index (χ4n) is 4.43. The van der Waals surface area contributed by atoms with Crippen LogP contribution in [0.4, 0.5) is 5.69 Å². The fraction of sp³-hybridized carbons (Fsp3) is 0.579. The Morgan fingerprint density at radius 2 is 1.58 bits per heavy atom. The second-order valence-electron chi connectivity index (χ2n) is 7.37. The van der Waals surface area contributed by atoms with E-state index in [0.29, 0.717) is 13.1 Å². The van der Waals surface area contributed by atoms with Crippen LogP contribution in [0.1, 0.15) is 32.1 Å². The van der Waals surface area contributed by atoms with E-state index in [-0.39, 0.29) is 17.2 Å². The first-order valence-electron chi connectivity index (χ1n) is 9.05. The van der Waals surface area contributed by atoms with E-state index in [9.17, 15) is 9.59 Å². The van der Waals surface area contributed by atoms with Gasteiger partial charge in [0.15, 0.2) is 0 Å². The third-order valence-corrected chi connectivity index (χ3v) is 5.89. The standard InChI is InChI=1S/C19H25N3O2/c23-17-14-19(8-4-5-9-19)18(24)22(17)15-20-10-12-21(13-11-20)16-6-2-1-3-7-16/h1-3,6-7H,4-5,8-15H2. The number of benzene rings is 1. The maximum absolute atomic E-state index is 12.8. The number of anilines is 1. The highest BCUT2D eigenvalue weighted by Gasteiger charge is 2.52. The van der Waals surface area contributed by atoms with Gasteiger partial charge in [0.2, 0.25) is 11.8 Å². The van der Waals surface area contributed by atoms with Crippen LogP contribution in [0.3, 0.4) is 0 Å². The van der Waals surface area contributed by atoms with Crippen LogP contribution in [-0.2, 0) is 9.59 Å². The van der Waals surface area contributed by atoms with E-state index in [1.807, 2.05) is 6.07 Å². The van der Waals surface area contributed by atoms with Gasteiger partial charge in [-0.05, 0) is 25.0 Å². The molecule has 1 saturated carbocycles. The molecule has 0 aromatic heterocycles. The lowest BCUT2D eigenvalue weighted by atomic mass is 9.85. The second-order valence-corrected chi connectivity index (χ2v) is 7.37. The smallest absolute Gasteiger partial charge is 0.237 e. The predicted octanol–water partition coefficient (Wildman–Crippen LogP) is 2.09. The highest BCUT2D eigenvalue weighted by atomic mass is 16.2. The Kier molecular flexibility index (Phi) is 4.04. The molecule has 4 rings (SSSR count). The summed E-state index contributed by atoms with van der Waals surface area (Å²) < 4.78 is 0. The molecule has 3 fully saturated rings. The molecule has 1 aliphatic carbocycles. The van der Waals surface area contributed by atoms with Crippen molar-refractivity contribution < 1.29 is 9.59 Å². The molecule has 128 valence electrons. The van der Waals surface area contributed by atoms with Gasteiger partial charge in [0.25, 0.3) is 0 Å². The number of likely N-dealkylation sites (tertiary alicyclic amines) is 1. The van der Waals surface area contributed by atoms with Gasteiger partial charge in [-0.25, -0.2) is 0 Å². The average Bonchev–Trinajstić information content (AvgIpc) is 3.17. The summed E-state index contributed by atoms with van der Waals surface area (Å²) in [5.41, 5.74) is 0.901. The van der Waals surface area contributed by atoms with Gasteiger partial charge in [-0.3, -0.25) is 19.4 Å². The van der Waals surface area contributed by atoms with Gasteiger partial charge in [0.05, 0.1) is 12.1 Å². The topological polar surface area (TPSA) is 43.9 Å². The van der Waals surface area contributed by atoms with Crippen LogP contribution < -0.4 is 4.90 Å². The largest absolute Gasteiger partial charge is 0.369 e. The molecule has 2 aliphatic heterocycles. The molecular weight excluding hydrogens is 302 g/mol. The van der Waals surface area contributed by atoms with Crippen molar-refractivity contribution in [2.75, 3.05) is 37.7 Å². The summed E-state index contributed by atoms with van der Waals surface area (Å²) in [5.74, 6) is 0.128. The van der Waals surface area contributed by atoms with E-state index in [2.05, 4.69) is 34.1 Å². The third-order valence-electron chi connectivity index (χ3n) is 5.89. The van der Waals surface area contributed by atoms with E-state index < -0.39 is 0 Å². The number of piperazine rings is 1. The first-order chi connectivity index (χ1) is 11.7. The summed E-state index contributed by atoms with van der Waals surface area (Å²) in [7, 11) is 0. The molecule has 1 aromatic carbocycles. The third kappa shape index (κ3) is 2.71. The number of hydrogen-bond donors (Lipinski definition) is 0. The summed E-state index contributed by atoms with van der Waals surface area (Å²) in [5, 5.41) is 0. The number of amides is 2. The van der Waals surface area contributed by atoms with Gasteiger partial charge in [-0.2, -0.15) is 0 Å². The van der Waals surface area contributed by atoms with Crippen molar-refractivity contribution in [3.05, 3.63) is 30.3 Å². The van der Waals surface area contributed by atoms with Gasteiger partial charge in [-0.1, -0.05) is 31.0 Å². The van der Waals surface area contributed by atoms with Crippen LogP contribution in [0.5, 0.6) is 0 Å². The highest BCUT2D eigenvalue weighted by Crippen LogP contribution is 2.46. The molecule has 0 N–H and O–H groups in total. The molecule has 2 saturated heterocycles. The highest BCUT2D eigenvalue weighted by molar-refractivity contribution is 6.06. The Morgan fingerprint density at radius 1 is 0.917 bits per heavy atom. The zero-order valence-electron chi connectivity index (χ0n) is 14.1. The quantitative estimate of drug-likeness (QED) is 0.798. The fourth-order valence-corrected chi connectivity index (χ4v) is 4.43. The van der Waals surface area contributed by atoms with Gasteiger partial charge >= 0.3 is 0 Å². The van der Waals surface area contributed by atoms with Crippen LogP contribution in [0.2, 0.25) is 0 Å². The van der Waals surface area contributed by atoms with Crippen molar-refractivity contribution in [3.63, 3.8) is 0 Å². The van der Waals surface area contributed by atoms with E-state index >= 15 is 0 Å². The maximum Gasteiger partial charge on any atom is 0.237 e. The molecule has 0 bridgehead atoms. The zero-order valence-corrected chi connectivity index (χ0v) is 14.1. The van der Waals surface area contributed by atoms with Gasteiger partial charge < -0.3 is 4.90 Å². The van der Waals surface area contributed by atoms with Crippen molar-refractivity contribution in [3.8, 4) is 0 Å². The average molecular weight is 327 g/mol. The molecule has 24 heavy (non-hydrogen) atoms. The molecule has 0 radical (unpaired) electrons. The SMILES string of the molecule is O=C1CC2(CCCC2)C(=O)N1CN1CCN(c2ccccc2)CC1. The Balaban J connectivity index is 1.36. The first-order valence-corrected chi connectivity index (χ1v) is 9.05. The molecule has 5 nitrogen and oxygen atoms in total. The van der Waals surface area contributed by atoms with Crippen molar-refractivity contribution in [1.29, 1.82) is 0 Å². The molecule has 1 aromatic rings. The number of rotatable bonds is 3. The minimum atomic E-state index is -0.344. The summed E-state index contributed by atoms with van der Waals surface area (Å²) in [6.07, 6.45) is 4.41. The first kappa shape index (κ1) is 15.6. The number of hydrogen-bond acceptors (Lipinski definition) is 4. The molecule has 5 heteroatoms. The number of carbonyl (C=O) groups is 2. The Hall–Kier alpha value is -1.88. The minimum absolute atomic E-state index is 0.0346. The van der Waals surface area contributed by atoms with Crippen LogP contribution in [-0.4, -0.2) is 54.5 Å². The van der Waals surface area contributed by atoms with Gasteiger partial charge in [0.1, 0.15) is 0 Å². The molecule has 2 heterocycles. The Labute approximate surface area is 143 Å². The lowest BCUT2D eigenvalue weighted by Gasteiger charge is -2.37. The number of carbonyl (C=O) groups excluding carboxylic acids is 2.